The summed E-state index contributed by atoms with van der Waals surface area (Å²) in [5.74, 6) is -0.242. The van der Waals surface area contributed by atoms with Crippen LogP contribution in [-0.2, 0) is 6.54 Å². The van der Waals surface area contributed by atoms with Crippen molar-refractivity contribution in [2.45, 2.75) is 13.5 Å². The molecule has 6 nitrogen and oxygen atoms in total. The second kappa shape index (κ2) is 8.77. The van der Waals surface area contributed by atoms with Gasteiger partial charge in [0, 0.05) is 46.4 Å². The first-order chi connectivity index (χ1) is 17.2. The van der Waals surface area contributed by atoms with Gasteiger partial charge in [0.1, 0.15) is 11.5 Å². The topological polar surface area (TPSA) is 82.3 Å². The Labute approximate surface area is 201 Å². The van der Waals surface area contributed by atoms with Gasteiger partial charge in [-0.05, 0) is 48.0 Å². The molecule has 4 aromatic heterocycles. The summed E-state index contributed by atoms with van der Waals surface area (Å²) in [5.41, 5.74) is 7.71. The van der Waals surface area contributed by atoms with Gasteiger partial charge in [0.25, 0.3) is 0 Å². The lowest BCUT2D eigenvalue weighted by atomic mass is 10.0. The number of aromatic nitrogens is 5. The smallest absolute Gasteiger partial charge is 0.131 e. The van der Waals surface area contributed by atoms with Crippen molar-refractivity contribution in [2.24, 2.45) is 0 Å². The average molecular weight is 463 g/mol. The number of fused-ring (bicyclic) bond motifs is 2. The molecular weight excluding hydrogens is 439 g/mol. The maximum atomic E-state index is 14.6. The lowest BCUT2D eigenvalue weighted by Crippen LogP contribution is -2.11. The normalized spacial score (nSPS) is 11.5. The molecule has 0 atom stereocenters. The zero-order valence-corrected chi connectivity index (χ0v) is 19.1. The van der Waals surface area contributed by atoms with Crippen LogP contribution in [0.1, 0.15) is 12.5 Å². The second-order valence-electron chi connectivity index (χ2n) is 8.48. The molecule has 0 spiro atoms. The van der Waals surface area contributed by atoms with E-state index in [-0.39, 0.29) is 5.82 Å². The van der Waals surface area contributed by atoms with E-state index in [1.54, 1.807) is 18.3 Å². The number of hydrogen-bond acceptors (Lipinski definition) is 4. The molecule has 4 heterocycles. The van der Waals surface area contributed by atoms with Crippen LogP contribution >= 0.6 is 0 Å². The predicted molar refractivity (Wildman–Crippen MR) is 137 cm³/mol. The van der Waals surface area contributed by atoms with Gasteiger partial charge >= 0.3 is 0 Å². The third-order valence-electron chi connectivity index (χ3n) is 6.20. The Hall–Kier alpha value is -4.36. The van der Waals surface area contributed by atoms with E-state index in [2.05, 4.69) is 43.5 Å². The van der Waals surface area contributed by atoms with Gasteiger partial charge < -0.3 is 10.3 Å². The lowest BCUT2D eigenvalue weighted by molar-refractivity contribution is 0.631. The molecule has 3 N–H and O–H groups in total. The molecule has 0 fully saturated rings. The molecule has 0 radical (unpaired) electrons. The average Bonchev–Trinajstić information content (AvgIpc) is 3.51. The van der Waals surface area contributed by atoms with Gasteiger partial charge in [-0.3, -0.25) is 15.1 Å². The number of hydrogen-bond donors (Lipinski definition) is 3. The minimum atomic E-state index is -0.242. The van der Waals surface area contributed by atoms with Gasteiger partial charge in [-0.15, -0.1) is 0 Å². The van der Waals surface area contributed by atoms with Crippen LogP contribution in [-0.4, -0.2) is 31.7 Å². The molecule has 0 bridgehead atoms. The Morgan fingerprint density at radius 1 is 0.886 bits per heavy atom. The largest absolute Gasteiger partial charge is 0.353 e. The summed E-state index contributed by atoms with van der Waals surface area (Å²) in [5, 5.41) is 12.9. The molecule has 0 aliphatic heterocycles. The van der Waals surface area contributed by atoms with E-state index in [1.807, 2.05) is 48.8 Å². The molecule has 172 valence electrons. The molecule has 0 unspecified atom stereocenters. The van der Waals surface area contributed by atoms with Crippen LogP contribution in [0.3, 0.4) is 0 Å². The maximum Gasteiger partial charge on any atom is 0.131 e. The summed E-state index contributed by atoms with van der Waals surface area (Å²) in [6.07, 6.45) is 5.49. The molecule has 0 aliphatic rings. The fourth-order valence-corrected chi connectivity index (χ4v) is 4.47. The van der Waals surface area contributed by atoms with Crippen molar-refractivity contribution < 1.29 is 4.39 Å². The number of nitrogens with one attached hydrogen (secondary N) is 3. The number of halogens is 1. The monoisotopic (exact) mass is 462 g/mol. The van der Waals surface area contributed by atoms with E-state index in [0.29, 0.717) is 5.56 Å². The zero-order chi connectivity index (χ0) is 23.8. The number of benzene rings is 2. The van der Waals surface area contributed by atoms with Gasteiger partial charge in [0.05, 0.1) is 23.1 Å². The Bertz CT molecular complexity index is 1670. The summed E-state index contributed by atoms with van der Waals surface area (Å²) < 4.78 is 14.6. The van der Waals surface area contributed by atoms with Crippen LogP contribution in [0, 0.1) is 5.82 Å². The highest BCUT2D eigenvalue weighted by Gasteiger charge is 2.16. The highest BCUT2D eigenvalue weighted by Crippen LogP contribution is 2.35. The van der Waals surface area contributed by atoms with E-state index < -0.39 is 0 Å². The van der Waals surface area contributed by atoms with E-state index in [9.17, 15) is 4.39 Å². The number of rotatable bonds is 6. The molecule has 0 amide bonds. The quantitative estimate of drug-likeness (QED) is 0.280. The van der Waals surface area contributed by atoms with Crippen molar-refractivity contribution in [1.82, 2.24) is 30.5 Å². The summed E-state index contributed by atoms with van der Waals surface area (Å²) in [7, 11) is 0. The molecular formula is C28H23FN6. The van der Waals surface area contributed by atoms with Crippen LogP contribution < -0.4 is 5.32 Å². The summed E-state index contributed by atoms with van der Waals surface area (Å²) in [4.78, 5) is 12.5. The van der Waals surface area contributed by atoms with Crippen molar-refractivity contribution in [2.75, 3.05) is 6.54 Å². The van der Waals surface area contributed by atoms with Crippen molar-refractivity contribution in [1.29, 1.82) is 0 Å². The van der Waals surface area contributed by atoms with E-state index >= 15 is 0 Å². The first kappa shape index (κ1) is 21.2. The van der Waals surface area contributed by atoms with Gasteiger partial charge in [0.2, 0.25) is 0 Å². The van der Waals surface area contributed by atoms with E-state index in [4.69, 9.17) is 0 Å². The van der Waals surface area contributed by atoms with Gasteiger partial charge in [0.15, 0.2) is 0 Å². The van der Waals surface area contributed by atoms with Crippen molar-refractivity contribution >= 4 is 21.8 Å². The van der Waals surface area contributed by atoms with Crippen LogP contribution in [0.5, 0.6) is 0 Å². The Kier molecular flexibility index (Phi) is 5.31. The van der Waals surface area contributed by atoms with Crippen molar-refractivity contribution in [3.8, 4) is 33.8 Å². The summed E-state index contributed by atoms with van der Waals surface area (Å²) in [6, 6.07) is 18.9. The second-order valence-corrected chi connectivity index (χ2v) is 8.48. The third-order valence-corrected chi connectivity index (χ3v) is 6.20. The first-order valence-corrected chi connectivity index (χ1v) is 11.6. The molecule has 6 aromatic rings. The SMILES string of the molecule is CCNCc1cncc(-c2cc3c(-c4cc5c(-c6ccccc6F)cccc5[nH]4)n[nH]c3cn2)c1. The molecule has 35 heavy (non-hydrogen) atoms. The molecule has 7 heteroatoms. The minimum Gasteiger partial charge on any atom is -0.353 e. The van der Waals surface area contributed by atoms with E-state index in [1.165, 1.54) is 6.07 Å². The molecule has 0 aliphatic carbocycles. The maximum absolute atomic E-state index is 14.6. The molecule has 6 rings (SSSR count). The molecule has 0 saturated heterocycles. The third kappa shape index (κ3) is 3.86. The Balaban J connectivity index is 1.45. The molecule has 0 saturated carbocycles. The highest BCUT2D eigenvalue weighted by molar-refractivity contribution is 6.01. The van der Waals surface area contributed by atoms with Gasteiger partial charge in [-0.2, -0.15) is 5.10 Å². The zero-order valence-electron chi connectivity index (χ0n) is 19.1. The summed E-state index contributed by atoms with van der Waals surface area (Å²) >= 11 is 0. The molecule has 2 aromatic carbocycles. The summed E-state index contributed by atoms with van der Waals surface area (Å²) in [6.45, 7) is 3.74. The standard InChI is InChI=1S/C28H23FN6/c1-2-30-13-17-10-18(15-31-14-17)25-12-22-27(16-32-25)34-35-28(22)26-11-21-19(7-5-9-24(21)33-26)20-6-3-4-8-23(20)29/h3-12,14-16,30,33H,2,13H2,1H3,(H,34,35). The number of aromatic amines is 2. The van der Waals surface area contributed by atoms with Crippen molar-refractivity contribution in [3.05, 3.63) is 90.6 Å². The van der Waals surface area contributed by atoms with Crippen LogP contribution in [0.4, 0.5) is 4.39 Å². The Morgan fingerprint density at radius 3 is 2.66 bits per heavy atom. The van der Waals surface area contributed by atoms with Gasteiger partial charge in [-0.25, -0.2) is 4.39 Å². The van der Waals surface area contributed by atoms with Crippen LogP contribution in [0.2, 0.25) is 0 Å². The van der Waals surface area contributed by atoms with Crippen LogP contribution in [0.15, 0.2) is 79.3 Å². The van der Waals surface area contributed by atoms with Crippen LogP contribution in [0.25, 0.3) is 55.6 Å². The fourth-order valence-electron chi connectivity index (χ4n) is 4.47. The number of H-pyrrole nitrogens is 2. The first-order valence-electron chi connectivity index (χ1n) is 11.6. The lowest BCUT2D eigenvalue weighted by Gasteiger charge is -2.05. The van der Waals surface area contributed by atoms with Gasteiger partial charge in [-0.1, -0.05) is 37.3 Å². The Morgan fingerprint density at radius 2 is 1.77 bits per heavy atom. The number of pyridine rings is 2. The van der Waals surface area contributed by atoms with Crippen molar-refractivity contribution in [3.63, 3.8) is 0 Å². The number of nitrogens with zero attached hydrogens (tertiary/aromatic N) is 3. The fraction of sp³-hybridized carbons (Fsp3) is 0.107. The predicted octanol–water partition coefficient (Wildman–Crippen LogP) is 6.08. The van der Waals surface area contributed by atoms with E-state index in [0.717, 1.165) is 68.7 Å². The highest BCUT2D eigenvalue weighted by atomic mass is 19.1. The minimum absolute atomic E-state index is 0.242.